The molecule has 0 saturated carbocycles. The van der Waals surface area contributed by atoms with Crippen molar-refractivity contribution in [3.8, 4) is 11.8 Å². The maximum Gasteiger partial charge on any atom is 0.137 e. The molecule has 0 radical (unpaired) electrons. The van der Waals surface area contributed by atoms with E-state index in [1.807, 2.05) is 13.1 Å². The number of piperazine rings is 1. The zero-order chi connectivity index (χ0) is 19.3. The monoisotopic (exact) mass is 379 g/mol. The minimum absolute atomic E-state index is 0.834. The second-order valence-electron chi connectivity index (χ2n) is 8.16. The van der Waals surface area contributed by atoms with Crippen molar-refractivity contribution in [1.29, 1.82) is 0 Å². The van der Waals surface area contributed by atoms with Crippen LogP contribution in [0.1, 0.15) is 32.3 Å². The fourth-order valence-corrected chi connectivity index (χ4v) is 4.60. The van der Waals surface area contributed by atoms with Crippen molar-refractivity contribution in [1.82, 2.24) is 19.2 Å². The van der Waals surface area contributed by atoms with Gasteiger partial charge in [-0.1, -0.05) is 12.8 Å². The molecule has 150 valence electrons. The lowest BCUT2D eigenvalue weighted by molar-refractivity contribution is 0.121. The van der Waals surface area contributed by atoms with Gasteiger partial charge in [0, 0.05) is 64.4 Å². The van der Waals surface area contributed by atoms with Gasteiger partial charge in [-0.15, -0.1) is 5.92 Å². The molecule has 2 fully saturated rings. The van der Waals surface area contributed by atoms with E-state index in [2.05, 4.69) is 61.3 Å². The van der Waals surface area contributed by atoms with Crippen molar-refractivity contribution in [2.75, 3.05) is 57.3 Å². The third-order valence-electron chi connectivity index (χ3n) is 6.39. The largest absolute Gasteiger partial charge is 0.370 e. The average molecular weight is 380 g/mol. The number of nitrogens with zero attached hydrogens (tertiary/aromatic N) is 5. The molecule has 2 aliphatic heterocycles. The van der Waals surface area contributed by atoms with Crippen LogP contribution in [0.5, 0.6) is 0 Å². The molecule has 2 aliphatic rings. The molecule has 5 nitrogen and oxygen atoms in total. The summed E-state index contributed by atoms with van der Waals surface area (Å²) in [7, 11) is 0. The number of rotatable bonds is 5. The van der Waals surface area contributed by atoms with Gasteiger partial charge in [0.15, 0.2) is 0 Å². The Labute approximate surface area is 169 Å². The van der Waals surface area contributed by atoms with Crippen LogP contribution in [0.3, 0.4) is 0 Å². The number of anilines is 1. The summed E-state index contributed by atoms with van der Waals surface area (Å²) in [6, 6.07) is 2.25. The van der Waals surface area contributed by atoms with Gasteiger partial charge < -0.3 is 14.2 Å². The molecule has 0 unspecified atom stereocenters. The Morgan fingerprint density at radius 3 is 2.54 bits per heavy atom. The minimum Gasteiger partial charge on any atom is -0.370 e. The van der Waals surface area contributed by atoms with Crippen LogP contribution in [-0.2, 0) is 6.42 Å². The van der Waals surface area contributed by atoms with Gasteiger partial charge in [0.2, 0.25) is 0 Å². The molecule has 0 aromatic carbocycles. The Bertz CT molecular complexity index is 830. The van der Waals surface area contributed by atoms with Gasteiger partial charge in [-0.05, 0) is 43.7 Å². The molecule has 0 amide bonds. The van der Waals surface area contributed by atoms with E-state index >= 15 is 0 Å². The zero-order valence-corrected chi connectivity index (χ0v) is 17.4. The van der Waals surface area contributed by atoms with E-state index in [1.165, 1.54) is 56.8 Å². The molecule has 5 heteroatoms. The summed E-state index contributed by atoms with van der Waals surface area (Å²) in [6.45, 7) is 13.4. The van der Waals surface area contributed by atoms with Crippen molar-refractivity contribution in [3.63, 3.8) is 0 Å². The minimum atomic E-state index is 0.834. The number of aryl methyl sites for hydroxylation is 1. The summed E-state index contributed by atoms with van der Waals surface area (Å²) in [5.41, 5.74) is 3.88. The fourth-order valence-electron chi connectivity index (χ4n) is 4.60. The molecule has 0 bridgehead atoms. The van der Waals surface area contributed by atoms with Gasteiger partial charge in [0.25, 0.3) is 0 Å². The van der Waals surface area contributed by atoms with Crippen LogP contribution in [0.25, 0.3) is 5.65 Å². The molecule has 4 rings (SSSR count). The topological polar surface area (TPSA) is 27.0 Å². The molecular formula is C23H33N5. The van der Waals surface area contributed by atoms with Crippen LogP contribution in [0.2, 0.25) is 0 Å². The van der Waals surface area contributed by atoms with Gasteiger partial charge in [0.05, 0.1) is 12.2 Å². The zero-order valence-electron chi connectivity index (χ0n) is 17.4. The Morgan fingerprint density at radius 1 is 1.07 bits per heavy atom. The second kappa shape index (κ2) is 8.98. The highest BCUT2D eigenvalue weighted by molar-refractivity contribution is 5.59. The Balaban J connectivity index is 1.30. The van der Waals surface area contributed by atoms with Gasteiger partial charge in [-0.3, -0.25) is 4.90 Å². The molecule has 0 atom stereocenters. The van der Waals surface area contributed by atoms with Crippen molar-refractivity contribution >= 4 is 11.3 Å². The van der Waals surface area contributed by atoms with Gasteiger partial charge in [0.1, 0.15) is 5.65 Å². The van der Waals surface area contributed by atoms with E-state index < -0.39 is 0 Å². The highest BCUT2D eigenvalue weighted by Gasteiger charge is 2.25. The maximum absolute atomic E-state index is 4.44. The lowest BCUT2D eigenvalue weighted by Gasteiger charge is -2.39. The van der Waals surface area contributed by atoms with E-state index in [0.29, 0.717) is 0 Å². The first-order chi connectivity index (χ1) is 13.8. The molecule has 4 heterocycles. The first-order valence-corrected chi connectivity index (χ1v) is 10.8. The first-order valence-electron chi connectivity index (χ1n) is 10.8. The molecule has 0 aliphatic carbocycles. The Kier molecular flexibility index (Phi) is 6.19. The summed E-state index contributed by atoms with van der Waals surface area (Å²) >= 11 is 0. The van der Waals surface area contributed by atoms with E-state index in [9.17, 15) is 0 Å². The molecule has 2 aromatic rings. The summed E-state index contributed by atoms with van der Waals surface area (Å²) in [6.07, 6.45) is 9.88. The lowest BCUT2D eigenvalue weighted by Crippen LogP contribution is -2.48. The third kappa shape index (κ3) is 4.34. The summed E-state index contributed by atoms with van der Waals surface area (Å²) in [5.74, 6) is 7.04. The number of imidazole rings is 1. The Hall–Kier alpha value is -2.03. The highest BCUT2D eigenvalue weighted by atomic mass is 15.3. The van der Waals surface area contributed by atoms with Crippen molar-refractivity contribution < 1.29 is 0 Å². The van der Waals surface area contributed by atoms with Gasteiger partial charge >= 0.3 is 0 Å². The molecular weight excluding hydrogens is 346 g/mol. The smallest absolute Gasteiger partial charge is 0.137 e. The van der Waals surface area contributed by atoms with Crippen LogP contribution >= 0.6 is 0 Å². The molecule has 28 heavy (non-hydrogen) atoms. The van der Waals surface area contributed by atoms with Crippen LogP contribution in [0.4, 0.5) is 5.69 Å². The second-order valence-corrected chi connectivity index (χ2v) is 8.16. The molecule has 2 saturated heterocycles. The summed E-state index contributed by atoms with van der Waals surface area (Å²) in [5, 5.41) is 0. The fraction of sp³-hybridized carbons (Fsp3) is 0.609. The summed E-state index contributed by atoms with van der Waals surface area (Å²) in [4.78, 5) is 12.2. The predicted octanol–water partition coefficient (Wildman–Crippen LogP) is 2.75. The van der Waals surface area contributed by atoms with E-state index in [4.69, 9.17) is 0 Å². The number of piperidine rings is 1. The highest BCUT2D eigenvalue weighted by Crippen LogP contribution is 2.28. The standard InChI is InChI=1S/C23H33N5/c1-3-5-9-25-13-15-26(16-14-25)18-20-6-10-27(11-7-20)22-19-28-12-8-24-23(28)17-21(22)4-2/h8,12,17,19-20H,4,6-7,9-11,13-16,18H2,1-2H3. The predicted molar refractivity (Wildman–Crippen MR) is 116 cm³/mol. The van der Waals surface area contributed by atoms with Crippen LogP contribution < -0.4 is 4.90 Å². The van der Waals surface area contributed by atoms with Gasteiger partial charge in [-0.2, -0.15) is 0 Å². The van der Waals surface area contributed by atoms with Gasteiger partial charge in [-0.25, -0.2) is 4.98 Å². The summed E-state index contributed by atoms with van der Waals surface area (Å²) < 4.78 is 2.16. The van der Waals surface area contributed by atoms with E-state index in [-0.39, 0.29) is 0 Å². The lowest BCUT2D eigenvalue weighted by atomic mass is 9.95. The van der Waals surface area contributed by atoms with Crippen molar-refractivity contribution in [2.45, 2.75) is 33.1 Å². The molecule has 0 N–H and O–H groups in total. The molecule has 0 spiro atoms. The average Bonchev–Trinajstić information content (AvgIpc) is 3.20. The van der Waals surface area contributed by atoms with E-state index in [0.717, 1.165) is 37.6 Å². The Morgan fingerprint density at radius 2 is 1.82 bits per heavy atom. The van der Waals surface area contributed by atoms with Crippen LogP contribution in [0, 0.1) is 17.8 Å². The van der Waals surface area contributed by atoms with E-state index in [1.54, 1.807) is 0 Å². The van der Waals surface area contributed by atoms with Crippen LogP contribution in [0.15, 0.2) is 24.7 Å². The number of pyridine rings is 1. The SMILES string of the molecule is CC#CCN1CCN(CC2CCN(c3cn4ccnc4cc3CC)CC2)CC1. The van der Waals surface area contributed by atoms with Crippen LogP contribution in [-0.4, -0.2) is 71.5 Å². The normalized spacial score (nSPS) is 19.7. The maximum atomic E-state index is 4.44. The quantitative estimate of drug-likeness (QED) is 0.747. The number of hydrogen-bond donors (Lipinski definition) is 0. The number of fused-ring (bicyclic) bond motifs is 1. The first kappa shape index (κ1) is 19.3. The third-order valence-corrected chi connectivity index (χ3v) is 6.39. The molecule has 2 aromatic heterocycles. The van der Waals surface area contributed by atoms with Crippen molar-refractivity contribution in [2.24, 2.45) is 5.92 Å². The number of hydrogen-bond acceptors (Lipinski definition) is 4. The number of aromatic nitrogens is 2. The van der Waals surface area contributed by atoms with Crippen molar-refractivity contribution in [3.05, 3.63) is 30.2 Å².